The third kappa shape index (κ3) is 6.34. The van der Waals surface area contributed by atoms with Crippen LogP contribution in [0.15, 0.2) is 18.2 Å². The lowest BCUT2D eigenvalue weighted by atomic mass is 9.80. The zero-order valence-electron chi connectivity index (χ0n) is 22.1. The van der Waals surface area contributed by atoms with E-state index in [9.17, 15) is 27.6 Å². The molecule has 0 spiro atoms. The number of nitrogens with zero attached hydrogens (tertiary/aromatic N) is 1. The van der Waals surface area contributed by atoms with Gasteiger partial charge in [0.15, 0.2) is 5.78 Å². The van der Waals surface area contributed by atoms with E-state index in [2.05, 4.69) is 5.32 Å². The number of ketones is 1. The summed E-state index contributed by atoms with van der Waals surface area (Å²) in [4.78, 5) is 40.0. The first-order valence-corrected chi connectivity index (χ1v) is 13.2. The minimum atomic E-state index is -4.71. The number of amides is 2. The minimum Gasteiger partial charge on any atom is -0.342 e. The molecule has 0 aromatic heterocycles. The number of hydrogen-bond donors (Lipinski definition) is 1. The predicted molar refractivity (Wildman–Crippen MR) is 135 cm³/mol. The van der Waals surface area contributed by atoms with Crippen LogP contribution in [0.1, 0.15) is 95.9 Å². The van der Waals surface area contributed by atoms with E-state index in [0.29, 0.717) is 12.8 Å². The van der Waals surface area contributed by atoms with Crippen molar-refractivity contribution in [2.45, 2.75) is 90.8 Å². The van der Waals surface area contributed by atoms with Crippen molar-refractivity contribution in [3.8, 4) is 0 Å². The molecule has 3 rings (SSSR count). The summed E-state index contributed by atoms with van der Waals surface area (Å²) in [5.41, 5.74) is -2.56. The fourth-order valence-corrected chi connectivity index (χ4v) is 5.44. The number of benzene rings is 1. The number of piperidine rings is 1. The van der Waals surface area contributed by atoms with Gasteiger partial charge in [0.1, 0.15) is 11.2 Å². The van der Waals surface area contributed by atoms with Crippen molar-refractivity contribution in [1.29, 1.82) is 0 Å². The second-order valence-corrected chi connectivity index (χ2v) is 11.3. The Bertz CT molecular complexity index is 1010. The summed E-state index contributed by atoms with van der Waals surface area (Å²) < 4.78 is 56.0. The highest BCUT2D eigenvalue weighted by molar-refractivity contribution is 5.98. The average Bonchev–Trinajstić information content (AvgIpc) is 2.86. The molecule has 37 heavy (non-hydrogen) atoms. The molecule has 1 aliphatic carbocycles. The number of alkyl halides is 3. The maximum Gasteiger partial charge on any atom is 0.402 e. The fourth-order valence-electron chi connectivity index (χ4n) is 5.44. The molecule has 1 aromatic rings. The van der Waals surface area contributed by atoms with Crippen LogP contribution in [0.2, 0.25) is 0 Å². The highest BCUT2D eigenvalue weighted by Gasteiger charge is 2.54. The number of carbonyl (C=O) groups is 3. The molecule has 208 valence electrons. The van der Waals surface area contributed by atoms with E-state index in [1.54, 1.807) is 13.8 Å². The van der Waals surface area contributed by atoms with Crippen LogP contribution in [-0.4, -0.2) is 47.8 Å². The maximum absolute atomic E-state index is 15.7. The molecule has 1 heterocycles. The molecule has 1 saturated carbocycles. The molecule has 5 nitrogen and oxygen atoms in total. The number of Topliss-reactive ketones (excluding diaryl/α,β-unsaturated/α-hetero) is 1. The molecule has 2 aliphatic rings. The van der Waals surface area contributed by atoms with Crippen LogP contribution in [0.4, 0.5) is 17.6 Å². The van der Waals surface area contributed by atoms with Crippen LogP contribution in [0, 0.1) is 23.1 Å². The topological polar surface area (TPSA) is 66.5 Å². The summed E-state index contributed by atoms with van der Waals surface area (Å²) in [6.45, 7) is 5.37. The van der Waals surface area contributed by atoms with E-state index in [1.807, 2.05) is 0 Å². The Balaban J connectivity index is 0.00000507. The van der Waals surface area contributed by atoms with Crippen LogP contribution in [-0.2, 0) is 9.59 Å². The molecule has 1 saturated heterocycles. The number of likely N-dealkylation sites (tertiary alicyclic amines) is 1. The van der Waals surface area contributed by atoms with Crippen molar-refractivity contribution in [2.24, 2.45) is 17.3 Å². The summed E-state index contributed by atoms with van der Waals surface area (Å²) in [6.07, 6.45) is 0.899. The first-order valence-electron chi connectivity index (χ1n) is 13.2. The number of carbonyl (C=O) groups excluding carboxylic acids is 3. The van der Waals surface area contributed by atoms with E-state index in [1.165, 1.54) is 18.2 Å². The number of nitrogens with one attached hydrogen (secondary N) is 1. The highest BCUT2D eigenvalue weighted by atomic mass is 19.4. The van der Waals surface area contributed by atoms with Gasteiger partial charge in [-0.3, -0.25) is 14.4 Å². The summed E-state index contributed by atoms with van der Waals surface area (Å²) in [5, 5.41) is 2.80. The Morgan fingerprint density at radius 3 is 2.27 bits per heavy atom. The van der Waals surface area contributed by atoms with Gasteiger partial charge in [-0.1, -0.05) is 45.2 Å². The van der Waals surface area contributed by atoms with Crippen LogP contribution >= 0.6 is 0 Å². The van der Waals surface area contributed by atoms with Crippen LogP contribution in [0.5, 0.6) is 0 Å². The third-order valence-corrected chi connectivity index (χ3v) is 7.95. The molecule has 0 radical (unpaired) electrons. The van der Waals surface area contributed by atoms with E-state index in [0.717, 1.165) is 50.9 Å². The maximum atomic E-state index is 15.7. The molecule has 2 amide bonds. The van der Waals surface area contributed by atoms with Gasteiger partial charge < -0.3 is 10.2 Å². The first kappa shape index (κ1) is 29.1. The highest BCUT2D eigenvalue weighted by Crippen LogP contribution is 2.41. The molecular weight excluding hydrogens is 488 g/mol. The summed E-state index contributed by atoms with van der Waals surface area (Å²) in [6, 6.07) is 3.71. The van der Waals surface area contributed by atoms with Gasteiger partial charge in [-0.15, -0.1) is 0 Å². The quantitative estimate of drug-likeness (QED) is 0.424. The second-order valence-electron chi connectivity index (χ2n) is 11.3. The lowest BCUT2D eigenvalue weighted by molar-refractivity contribution is -0.217. The monoisotopic (exact) mass is 528 g/mol. The van der Waals surface area contributed by atoms with Gasteiger partial charge in [-0.05, 0) is 57.1 Å². The standard InChI is InChI=1S/C28H38F4N2O3.H2/c1-17(2)24(35)23(18-10-6-5-7-11-18)33-25(36)21-14-8-13-20(22(21)29)19-12-9-15-34(16-19)26(37)27(3,4)28(30,31)32;/h8,13-14,17-19,23H,5-7,9-12,15-16H2,1-4H3,(H,33,36);1H/t19?,23-;/m1./s1. The Hall–Kier alpha value is -2.45. The normalized spacial score (nSPS) is 20.6. The number of rotatable bonds is 7. The number of hydrogen-bond acceptors (Lipinski definition) is 3. The van der Waals surface area contributed by atoms with Gasteiger partial charge in [0.25, 0.3) is 5.91 Å². The molecule has 0 bridgehead atoms. The third-order valence-electron chi connectivity index (χ3n) is 7.95. The van der Waals surface area contributed by atoms with Gasteiger partial charge in [0, 0.05) is 26.4 Å². The van der Waals surface area contributed by atoms with E-state index in [4.69, 9.17) is 0 Å². The summed E-state index contributed by atoms with van der Waals surface area (Å²) >= 11 is 0. The minimum absolute atomic E-state index is 0. The fraction of sp³-hybridized carbons (Fsp3) is 0.679. The van der Waals surface area contributed by atoms with Crippen LogP contribution in [0.25, 0.3) is 0 Å². The van der Waals surface area contributed by atoms with Crippen molar-refractivity contribution in [1.82, 2.24) is 10.2 Å². The van der Waals surface area contributed by atoms with Gasteiger partial charge >= 0.3 is 6.18 Å². The molecule has 2 fully saturated rings. The van der Waals surface area contributed by atoms with Gasteiger partial charge in [-0.25, -0.2) is 4.39 Å². The molecule has 1 unspecified atom stereocenters. The molecule has 1 aromatic carbocycles. The predicted octanol–water partition coefficient (Wildman–Crippen LogP) is 6.27. The number of halogens is 4. The molecule has 1 N–H and O–H groups in total. The lowest BCUT2D eigenvalue weighted by Gasteiger charge is -2.38. The Morgan fingerprint density at radius 1 is 1.03 bits per heavy atom. The summed E-state index contributed by atoms with van der Waals surface area (Å²) in [7, 11) is 0. The van der Waals surface area contributed by atoms with Gasteiger partial charge in [0.2, 0.25) is 5.91 Å². The first-order chi connectivity index (χ1) is 17.3. The molecule has 2 atom stereocenters. The lowest BCUT2D eigenvalue weighted by Crippen LogP contribution is -2.51. The van der Waals surface area contributed by atoms with Gasteiger partial charge in [-0.2, -0.15) is 13.2 Å². The van der Waals surface area contributed by atoms with Crippen molar-refractivity contribution in [3.63, 3.8) is 0 Å². The van der Waals surface area contributed by atoms with E-state index in [-0.39, 0.29) is 43.3 Å². The van der Waals surface area contributed by atoms with Crippen LogP contribution in [0.3, 0.4) is 0 Å². The van der Waals surface area contributed by atoms with E-state index < -0.39 is 41.2 Å². The van der Waals surface area contributed by atoms with Crippen molar-refractivity contribution in [3.05, 3.63) is 35.1 Å². The van der Waals surface area contributed by atoms with Crippen molar-refractivity contribution < 1.29 is 33.4 Å². The molecule has 9 heteroatoms. The Morgan fingerprint density at radius 2 is 1.68 bits per heavy atom. The SMILES string of the molecule is CC(C)C(=O)[C@H](NC(=O)c1cccc(C2CCCN(C(=O)C(C)(C)C(F)(F)F)C2)c1F)C1CCCCC1.[HH]. The molecular formula is C28H40F4N2O3. The largest absolute Gasteiger partial charge is 0.402 e. The van der Waals surface area contributed by atoms with Crippen molar-refractivity contribution >= 4 is 17.6 Å². The summed E-state index contributed by atoms with van der Waals surface area (Å²) in [5.74, 6) is -3.36. The van der Waals surface area contributed by atoms with Crippen molar-refractivity contribution in [2.75, 3.05) is 13.1 Å². The Kier molecular flexibility index (Phi) is 9.06. The zero-order chi connectivity index (χ0) is 27.5. The average molecular weight is 529 g/mol. The van der Waals surface area contributed by atoms with E-state index >= 15 is 4.39 Å². The smallest absolute Gasteiger partial charge is 0.342 e. The Labute approximate surface area is 217 Å². The van der Waals surface area contributed by atoms with Crippen LogP contribution < -0.4 is 5.32 Å². The zero-order valence-corrected chi connectivity index (χ0v) is 22.1. The second kappa shape index (κ2) is 11.5. The molecule has 1 aliphatic heterocycles. The van der Waals surface area contributed by atoms with Gasteiger partial charge in [0.05, 0.1) is 11.6 Å².